The molecule has 0 saturated carbocycles. The number of halogens is 1. The summed E-state index contributed by atoms with van der Waals surface area (Å²) in [6, 6.07) is 12.5. The Balaban J connectivity index is 1.88. The van der Waals surface area contributed by atoms with E-state index in [9.17, 15) is 9.90 Å². The van der Waals surface area contributed by atoms with Crippen LogP contribution in [0, 0.1) is 0 Å². The molecule has 1 aromatic heterocycles. The van der Waals surface area contributed by atoms with Crippen LogP contribution in [0.3, 0.4) is 0 Å². The van der Waals surface area contributed by atoms with Crippen LogP contribution in [0.25, 0.3) is 10.9 Å². The number of hydrogen-bond acceptors (Lipinski definition) is 3. The third kappa shape index (κ3) is 3.15. The van der Waals surface area contributed by atoms with Crippen molar-refractivity contribution < 1.29 is 9.90 Å². The molecule has 1 aliphatic rings. The van der Waals surface area contributed by atoms with Crippen molar-refractivity contribution in [3.05, 3.63) is 64.3 Å². The van der Waals surface area contributed by atoms with Gasteiger partial charge in [-0.3, -0.25) is 9.69 Å². The highest BCUT2D eigenvalue weighted by Gasteiger charge is 2.36. The number of phenols is 1. The zero-order valence-electron chi connectivity index (χ0n) is 16.2. The van der Waals surface area contributed by atoms with E-state index in [2.05, 4.69) is 4.98 Å². The van der Waals surface area contributed by atoms with Crippen molar-refractivity contribution in [1.29, 1.82) is 0 Å². The van der Waals surface area contributed by atoms with Gasteiger partial charge < -0.3 is 15.0 Å². The van der Waals surface area contributed by atoms with E-state index in [4.69, 9.17) is 11.6 Å². The Morgan fingerprint density at radius 2 is 2.07 bits per heavy atom. The summed E-state index contributed by atoms with van der Waals surface area (Å²) in [4.78, 5) is 20.6. The summed E-state index contributed by atoms with van der Waals surface area (Å²) in [5, 5.41) is 11.8. The Kier molecular flexibility index (Phi) is 4.81. The average molecular weight is 398 g/mol. The van der Waals surface area contributed by atoms with Crippen LogP contribution in [0.4, 0.5) is 0 Å². The topological polar surface area (TPSA) is 59.6 Å². The number of nitrogens with one attached hydrogen (secondary N) is 1. The molecule has 2 unspecified atom stereocenters. The molecular formula is C22H24ClN3O2. The van der Waals surface area contributed by atoms with Crippen molar-refractivity contribution in [2.45, 2.75) is 25.4 Å². The zero-order chi connectivity index (χ0) is 20.0. The summed E-state index contributed by atoms with van der Waals surface area (Å²) in [7, 11) is 3.82. The van der Waals surface area contributed by atoms with Gasteiger partial charge in [-0.2, -0.15) is 0 Å². The number of aromatic hydroxyl groups is 1. The molecule has 1 amide bonds. The summed E-state index contributed by atoms with van der Waals surface area (Å²) in [6.07, 6.45) is 0.761. The van der Waals surface area contributed by atoms with Gasteiger partial charge in [-0.25, -0.2) is 0 Å². The van der Waals surface area contributed by atoms with Crippen molar-refractivity contribution in [2.75, 3.05) is 20.6 Å². The lowest BCUT2D eigenvalue weighted by Crippen LogP contribution is -2.48. The Bertz CT molecular complexity index is 1040. The van der Waals surface area contributed by atoms with Gasteiger partial charge in [-0.05, 0) is 68.9 Å². The van der Waals surface area contributed by atoms with Gasteiger partial charge in [0.05, 0.1) is 12.1 Å². The largest absolute Gasteiger partial charge is 0.508 e. The summed E-state index contributed by atoms with van der Waals surface area (Å²) < 4.78 is 0. The van der Waals surface area contributed by atoms with Gasteiger partial charge in [0.15, 0.2) is 0 Å². The first-order chi connectivity index (χ1) is 13.4. The monoisotopic (exact) mass is 397 g/mol. The van der Waals surface area contributed by atoms with Gasteiger partial charge in [-0.15, -0.1) is 0 Å². The van der Waals surface area contributed by atoms with Gasteiger partial charge in [0.25, 0.3) is 0 Å². The fourth-order valence-corrected chi connectivity index (χ4v) is 4.17. The van der Waals surface area contributed by atoms with Crippen molar-refractivity contribution in [1.82, 2.24) is 14.8 Å². The predicted molar refractivity (Wildman–Crippen MR) is 112 cm³/mol. The Morgan fingerprint density at radius 1 is 1.29 bits per heavy atom. The lowest BCUT2D eigenvalue weighted by Gasteiger charge is -2.38. The molecule has 0 radical (unpaired) electrons. The quantitative estimate of drug-likeness (QED) is 0.703. The summed E-state index contributed by atoms with van der Waals surface area (Å²) in [5.74, 6) is 0.262. The number of amides is 1. The van der Waals surface area contributed by atoms with Crippen LogP contribution in [0.1, 0.15) is 29.8 Å². The molecule has 4 rings (SSSR count). The van der Waals surface area contributed by atoms with E-state index in [1.807, 2.05) is 61.2 Å². The lowest BCUT2D eigenvalue weighted by atomic mass is 9.91. The lowest BCUT2D eigenvalue weighted by molar-refractivity contribution is -0.137. The minimum absolute atomic E-state index is 0.0701. The standard InChI is InChI=1S/C22H24ClN3O2/c1-13(25(2)3)22(28)26-10-9-17-18-12-15(23)7-8-19(18)24-20(17)21(26)14-5-4-6-16(27)11-14/h4-8,11-13,21,24,27H,9-10H2,1-3H3. The summed E-state index contributed by atoms with van der Waals surface area (Å²) in [5.41, 5.74) is 4.08. The molecule has 0 bridgehead atoms. The van der Waals surface area contributed by atoms with Crippen LogP contribution in [-0.4, -0.2) is 52.5 Å². The Labute approximate surface area is 169 Å². The summed E-state index contributed by atoms with van der Waals surface area (Å²) >= 11 is 6.23. The van der Waals surface area contributed by atoms with E-state index < -0.39 is 0 Å². The van der Waals surface area contributed by atoms with E-state index in [0.717, 1.165) is 28.6 Å². The molecule has 2 aromatic carbocycles. The number of H-pyrrole nitrogens is 1. The first-order valence-electron chi connectivity index (χ1n) is 9.42. The second kappa shape index (κ2) is 7.15. The number of phenolic OH excluding ortho intramolecular Hbond substituents is 1. The van der Waals surface area contributed by atoms with Gasteiger partial charge in [0.2, 0.25) is 5.91 Å². The molecule has 0 spiro atoms. The molecule has 28 heavy (non-hydrogen) atoms. The number of fused-ring (bicyclic) bond motifs is 3. The summed E-state index contributed by atoms with van der Waals surface area (Å²) in [6.45, 7) is 2.53. The maximum atomic E-state index is 13.3. The van der Waals surface area contributed by atoms with Crippen LogP contribution in [0.2, 0.25) is 5.02 Å². The van der Waals surface area contributed by atoms with Crippen molar-refractivity contribution in [3.8, 4) is 5.75 Å². The minimum Gasteiger partial charge on any atom is -0.508 e. The Morgan fingerprint density at radius 3 is 2.79 bits per heavy atom. The number of nitrogens with zero attached hydrogens (tertiary/aromatic N) is 2. The van der Waals surface area contributed by atoms with E-state index in [0.29, 0.717) is 11.6 Å². The third-order valence-corrected chi connectivity index (χ3v) is 5.93. The molecule has 2 heterocycles. The molecule has 146 valence electrons. The smallest absolute Gasteiger partial charge is 0.240 e. The number of carbonyl (C=O) groups is 1. The second-order valence-corrected chi connectivity index (χ2v) is 8.06. The predicted octanol–water partition coefficient (Wildman–Crippen LogP) is 3.95. The molecule has 0 fully saturated rings. The first kappa shape index (κ1) is 18.8. The minimum atomic E-state index is -0.281. The van der Waals surface area contributed by atoms with E-state index in [1.54, 1.807) is 12.1 Å². The molecule has 6 heteroatoms. The number of benzene rings is 2. The van der Waals surface area contributed by atoms with E-state index in [-0.39, 0.29) is 23.7 Å². The fraction of sp³-hybridized carbons (Fsp3) is 0.318. The Hall–Kier alpha value is -2.50. The number of aromatic amines is 1. The normalized spacial score (nSPS) is 17.8. The number of hydrogen-bond donors (Lipinski definition) is 2. The van der Waals surface area contributed by atoms with Crippen molar-refractivity contribution in [3.63, 3.8) is 0 Å². The van der Waals surface area contributed by atoms with Gasteiger partial charge in [0, 0.05) is 28.2 Å². The van der Waals surface area contributed by atoms with Crippen LogP contribution in [0.15, 0.2) is 42.5 Å². The average Bonchev–Trinajstić information content (AvgIpc) is 3.03. The first-order valence-corrected chi connectivity index (χ1v) is 9.80. The maximum Gasteiger partial charge on any atom is 0.240 e. The highest BCUT2D eigenvalue weighted by Crippen LogP contribution is 2.40. The second-order valence-electron chi connectivity index (χ2n) is 7.63. The van der Waals surface area contributed by atoms with E-state index in [1.165, 1.54) is 5.56 Å². The fourth-order valence-electron chi connectivity index (χ4n) is 4.00. The van der Waals surface area contributed by atoms with Crippen LogP contribution in [0.5, 0.6) is 5.75 Å². The highest BCUT2D eigenvalue weighted by molar-refractivity contribution is 6.31. The molecular weight excluding hydrogens is 374 g/mol. The van der Waals surface area contributed by atoms with E-state index >= 15 is 0 Å². The molecule has 2 atom stereocenters. The SMILES string of the molecule is CC(C(=O)N1CCc2c([nH]c3ccc(Cl)cc23)C1c1cccc(O)c1)N(C)C. The number of likely N-dealkylation sites (N-methyl/N-ethyl adjacent to an activating group) is 1. The third-order valence-electron chi connectivity index (χ3n) is 5.69. The van der Waals surface area contributed by atoms with Crippen LogP contribution >= 0.6 is 11.6 Å². The molecule has 0 saturated heterocycles. The zero-order valence-corrected chi connectivity index (χ0v) is 17.0. The molecule has 1 aliphatic heterocycles. The van der Waals surface area contributed by atoms with Crippen LogP contribution in [-0.2, 0) is 11.2 Å². The van der Waals surface area contributed by atoms with Crippen molar-refractivity contribution >= 4 is 28.4 Å². The molecule has 3 aromatic rings. The number of carbonyl (C=O) groups excluding carboxylic acids is 1. The van der Waals surface area contributed by atoms with Crippen molar-refractivity contribution in [2.24, 2.45) is 0 Å². The molecule has 0 aliphatic carbocycles. The van der Waals surface area contributed by atoms with Crippen LogP contribution < -0.4 is 0 Å². The number of aromatic nitrogens is 1. The highest BCUT2D eigenvalue weighted by atomic mass is 35.5. The molecule has 5 nitrogen and oxygen atoms in total. The molecule has 2 N–H and O–H groups in total. The van der Waals surface area contributed by atoms with Gasteiger partial charge >= 0.3 is 0 Å². The number of rotatable bonds is 3. The maximum absolute atomic E-state index is 13.3. The van der Waals surface area contributed by atoms with Gasteiger partial charge in [-0.1, -0.05) is 23.7 Å². The van der Waals surface area contributed by atoms with Gasteiger partial charge in [0.1, 0.15) is 5.75 Å².